The second-order valence-corrected chi connectivity index (χ2v) is 10.0. The highest BCUT2D eigenvalue weighted by Gasteiger charge is 2.14. The molecule has 1 unspecified atom stereocenters. The normalized spacial score (nSPS) is 10.6. The molecule has 282 valence electrons. The lowest BCUT2D eigenvalue weighted by Gasteiger charge is -2.16. The van der Waals surface area contributed by atoms with Crippen molar-refractivity contribution >= 4 is 24.5 Å². The fraction of sp³-hybridized carbons (Fsp3) is 0.879. The minimum Gasteiger partial charge on any atom is -0.379 e. The van der Waals surface area contributed by atoms with Crippen LogP contribution in [0.15, 0.2) is 0 Å². The maximum absolute atomic E-state index is 12.2. The summed E-state index contributed by atoms with van der Waals surface area (Å²) in [7, 11) is 1.84. The largest absolute Gasteiger partial charge is 0.379 e. The second kappa shape index (κ2) is 50.7. The predicted octanol–water partition coefficient (Wildman–Crippen LogP) is 2.10. The molecule has 0 saturated carbocycles. The Hall–Kier alpha value is -2.20. The number of likely N-dealkylation sites (N-methyl/N-ethyl adjacent to an activating group) is 1. The smallest absolute Gasteiger partial charge is 0.237 e. The molecular weight excluding hydrogens is 610 g/mol. The summed E-state index contributed by atoms with van der Waals surface area (Å²) in [5.41, 5.74) is 9.36. The van der Waals surface area contributed by atoms with Crippen LogP contribution in [-0.4, -0.2) is 123 Å². The van der Waals surface area contributed by atoms with Gasteiger partial charge >= 0.3 is 0 Å². The minimum atomic E-state index is -0.155. The number of hydrogen-bond donors (Lipinski definition) is 5. The van der Waals surface area contributed by atoms with Gasteiger partial charge in [-0.25, -0.2) is 0 Å². The molecule has 0 rings (SSSR count). The first-order valence-electron chi connectivity index (χ1n) is 17.3. The third kappa shape index (κ3) is 53.6. The van der Waals surface area contributed by atoms with E-state index in [1.165, 1.54) is 32.1 Å². The van der Waals surface area contributed by atoms with Gasteiger partial charge in [0, 0.05) is 32.7 Å². The zero-order valence-electron chi connectivity index (χ0n) is 30.3. The number of hydrogen-bond acceptors (Lipinski definition) is 11. The number of nitrogens with one attached hydrogen (secondary N) is 3. The Balaban J connectivity index is -0.000000724. The van der Waals surface area contributed by atoms with E-state index in [1.807, 2.05) is 14.0 Å². The summed E-state index contributed by atoms with van der Waals surface area (Å²) in [6.45, 7) is 14.8. The molecule has 0 heterocycles. The molecule has 0 aliphatic carbocycles. The van der Waals surface area contributed by atoms with E-state index in [0.717, 1.165) is 32.0 Å². The van der Waals surface area contributed by atoms with Crippen molar-refractivity contribution in [3.8, 4) is 0 Å². The van der Waals surface area contributed by atoms with E-state index in [-0.39, 0.29) is 30.8 Å². The van der Waals surface area contributed by atoms with Crippen molar-refractivity contribution in [1.82, 2.24) is 16.0 Å². The van der Waals surface area contributed by atoms with Crippen LogP contribution in [0.2, 0.25) is 0 Å². The molecule has 0 aliphatic rings. The molecule has 0 aromatic rings. The van der Waals surface area contributed by atoms with Gasteiger partial charge in [0.2, 0.25) is 18.2 Å². The van der Waals surface area contributed by atoms with Crippen molar-refractivity contribution < 1.29 is 42.9 Å². The van der Waals surface area contributed by atoms with Crippen LogP contribution in [0.1, 0.15) is 91.9 Å². The van der Waals surface area contributed by atoms with Crippen molar-refractivity contribution in [2.24, 2.45) is 11.5 Å². The molecule has 0 radical (unpaired) electrons. The number of aldehydes is 1. The Morgan fingerprint density at radius 1 is 0.638 bits per heavy atom. The Bertz CT molecular complexity index is 633. The number of carbonyl (C=O) groups excluding carboxylic acids is 4. The van der Waals surface area contributed by atoms with E-state index in [0.29, 0.717) is 85.6 Å². The number of carbonyl (C=O) groups is 4. The van der Waals surface area contributed by atoms with E-state index in [4.69, 9.17) is 34.2 Å². The fourth-order valence-corrected chi connectivity index (χ4v) is 3.15. The van der Waals surface area contributed by atoms with Gasteiger partial charge in [-0.15, -0.1) is 0 Å². The molecule has 0 aromatic carbocycles. The van der Waals surface area contributed by atoms with Crippen molar-refractivity contribution in [3.63, 3.8) is 0 Å². The van der Waals surface area contributed by atoms with Gasteiger partial charge in [0.25, 0.3) is 0 Å². The van der Waals surface area contributed by atoms with Crippen LogP contribution in [0.3, 0.4) is 0 Å². The van der Waals surface area contributed by atoms with Crippen LogP contribution in [0.5, 0.6) is 0 Å². The summed E-state index contributed by atoms with van der Waals surface area (Å²) < 4.78 is 27.3. The van der Waals surface area contributed by atoms with Gasteiger partial charge in [0.05, 0.1) is 65.4 Å². The van der Waals surface area contributed by atoms with Crippen LogP contribution in [0.25, 0.3) is 0 Å². The molecule has 7 N–H and O–H groups in total. The fourth-order valence-electron chi connectivity index (χ4n) is 3.15. The van der Waals surface area contributed by atoms with Gasteiger partial charge in [-0.05, 0) is 26.3 Å². The lowest BCUT2D eigenvalue weighted by molar-refractivity contribution is -0.123. The van der Waals surface area contributed by atoms with Crippen molar-refractivity contribution in [3.05, 3.63) is 0 Å². The molecule has 0 bridgehead atoms. The summed E-state index contributed by atoms with van der Waals surface area (Å²) in [6, 6.07) is -0.112. The van der Waals surface area contributed by atoms with E-state index in [2.05, 4.69) is 42.5 Å². The first kappa shape index (κ1) is 51.6. The first-order valence-corrected chi connectivity index (χ1v) is 17.3. The molecule has 14 nitrogen and oxygen atoms in total. The van der Waals surface area contributed by atoms with Crippen LogP contribution in [0.4, 0.5) is 0 Å². The molecule has 1 atom stereocenters. The van der Waals surface area contributed by atoms with Gasteiger partial charge in [0.1, 0.15) is 6.29 Å². The summed E-state index contributed by atoms with van der Waals surface area (Å²) in [5.74, 6) is -0.0874. The highest BCUT2D eigenvalue weighted by atomic mass is 16.6. The number of nitrogens with two attached hydrogens (primary N) is 2. The molecule has 0 spiro atoms. The number of unbranched alkanes of at least 4 members (excludes halogenated alkanes) is 4. The summed E-state index contributed by atoms with van der Waals surface area (Å²) in [5, 5.41) is 8.76. The van der Waals surface area contributed by atoms with Crippen LogP contribution < -0.4 is 27.4 Å². The summed E-state index contributed by atoms with van der Waals surface area (Å²) in [4.78, 5) is 40.9. The molecule has 0 fully saturated rings. The standard InChI is InChI=1S/C25H52N4O7.C4H10.C3H6O.CH3NO/c1-3-4-5-6-9-23(27-2)25(31)29-11-8-13-33-15-17-35-19-21-36-20-18-34-16-14-32-12-7-10-28-24(30)22-26;1-3-4-2;1-2-3-4;2-1-3/h23,27H,3-22,26H2,1-2H3,(H,28,30)(H,29,31);3-4H2,1-2H3;3H,2H2,1H3;1H,(H2,2,3). The third-order valence-electron chi connectivity index (χ3n) is 5.90. The molecule has 0 aliphatic heterocycles. The van der Waals surface area contributed by atoms with E-state index in [1.54, 1.807) is 0 Å². The Morgan fingerprint density at radius 2 is 1.04 bits per heavy atom. The van der Waals surface area contributed by atoms with Gasteiger partial charge < -0.3 is 55.9 Å². The lowest BCUT2D eigenvalue weighted by Crippen LogP contribution is -2.43. The Labute approximate surface area is 285 Å². The summed E-state index contributed by atoms with van der Waals surface area (Å²) >= 11 is 0. The molecule has 14 heteroatoms. The lowest BCUT2D eigenvalue weighted by atomic mass is 10.1. The van der Waals surface area contributed by atoms with Gasteiger partial charge in [-0.1, -0.05) is 66.2 Å². The maximum atomic E-state index is 12.2. The van der Waals surface area contributed by atoms with Crippen molar-refractivity contribution in [2.75, 3.05) is 92.8 Å². The minimum absolute atomic E-state index is 0.0117. The number of ether oxygens (including phenoxy) is 5. The second-order valence-electron chi connectivity index (χ2n) is 10.0. The van der Waals surface area contributed by atoms with Crippen LogP contribution >= 0.6 is 0 Å². The zero-order valence-corrected chi connectivity index (χ0v) is 30.3. The average Bonchev–Trinajstić information content (AvgIpc) is 3.09. The van der Waals surface area contributed by atoms with Crippen molar-refractivity contribution in [2.45, 2.75) is 97.9 Å². The van der Waals surface area contributed by atoms with Gasteiger partial charge in [-0.2, -0.15) is 0 Å². The van der Waals surface area contributed by atoms with E-state index < -0.39 is 0 Å². The average molecular weight is 682 g/mol. The molecule has 0 saturated heterocycles. The van der Waals surface area contributed by atoms with Gasteiger partial charge in [-0.3, -0.25) is 14.4 Å². The Morgan fingerprint density at radius 3 is 1.38 bits per heavy atom. The van der Waals surface area contributed by atoms with Crippen LogP contribution in [-0.2, 0) is 42.9 Å². The highest BCUT2D eigenvalue weighted by molar-refractivity contribution is 5.81. The Kier molecular flexibility index (Phi) is 55.6. The summed E-state index contributed by atoms with van der Waals surface area (Å²) in [6.07, 6.45) is 11.5. The monoisotopic (exact) mass is 682 g/mol. The van der Waals surface area contributed by atoms with Crippen molar-refractivity contribution in [1.29, 1.82) is 0 Å². The van der Waals surface area contributed by atoms with E-state index >= 15 is 0 Å². The molecular formula is C33H71N5O9. The first-order chi connectivity index (χ1) is 22.9. The third-order valence-corrected chi connectivity index (χ3v) is 5.90. The number of amides is 3. The topological polar surface area (TPSA) is 203 Å². The SMILES string of the molecule is CCC=O.CCCC.CCCCCCC(NC)C(=O)NCCCOCCOCCOCCOCCOCCCNC(=O)CN.NC=O. The highest BCUT2D eigenvalue weighted by Crippen LogP contribution is 2.05. The van der Waals surface area contributed by atoms with Crippen LogP contribution in [0, 0.1) is 0 Å². The van der Waals surface area contributed by atoms with Gasteiger partial charge in [0.15, 0.2) is 0 Å². The quantitative estimate of drug-likeness (QED) is 0.0549. The maximum Gasteiger partial charge on any atom is 0.237 e. The predicted molar refractivity (Wildman–Crippen MR) is 187 cm³/mol. The zero-order chi connectivity index (χ0) is 36.1. The number of primary amides is 1. The number of rotatable bonds is 30. The molecule has 3 amide bonds. The molecule has 0 aromatic heterocycles. The molecule has 47 heavy (non-hydrogen) atoms. The van der Waals surface area contributed by atoms with E-state index in [9.17, 15) is 14.4 Å².